The number of carbonyl (C=O) groups is 1. The summed E-state index contributed by atoms with van der Waals surface area (Å²) >= 11 is 0. The summed E-state index contributed by atoms with van der Waals surface area (Å²) in [5.41, 5.74) is 0.735. The molecule has 4 heteroatoms. The largest absolute Gasteiger partial charge is 2.00 e. The van der Waals surface area contributed by atoms with Gasteiger partial charge in [0, 0.05) is 13.1 Å². The summed E-state index contributed by atoms with van der Waals surface area (Å²) in [5.74, 6) is 0.00634. The molecule has 0 spiro atoms. The molecule has 0 heterocycles. The van der Waals surface area contributed by atoms with Gasteiger partial charge in [-0.2, -0.15) is 30.3 Å². The van der Waals surface area contributed by atoms with E-state index in [0.717, 1.165) is 12.1 Å². The Kier molecular flexibility index (Phi) is 9.81. The van der Waals surface area contributed by atoms with Gasteiger partial charge in [-0.15, -0.1) is 0 Å². The molecule has 0 radical (unpaired) electrons. The number of hydrogen-bond acceptors (Lipinski definition) is 2. The summed E-state index contributed by atoms with van der Waals surface area (Å²) in [6.07, 6.45) is 0. The standard InChI is InChI=1S/C10H15N2O.C5H5.Fe/c1-12(2)8-7-11-10(13)9-5-3-4-6-9;1-2-4-5-3-1;/h3-6H,7-8H2,1-2H3,(H,11,13);1-5H;/q2*-1;+2. The molecule has 104 valence electrons. The molecule has 2 aromatic carbocycles. The number of carbonyl (C=O) groups excluding carboxylic acids is 1. The zero-order valence-corrected chi connectivity index (χ0v) is 12.4. The van der Waals surface area contributed by atoms with Crippen LogP contribution in [0.15, 0.2) is 54.6 Å². The summed E-state index contributed by atoms with van der Waals surface area (Å²) in [6.45, 7) is 1.56. The fourth-order valence-electron chi connectivity index (χ4n) is 1.34. The quantitative estimate of drug-likeness (QED) is 0.693. The molecule has 0 aliphatic rings. The first-order valence-corrected chi connectivity index (χ1v) is 6.01. The number of amides is 1. The number of nitrogens with zero attached hydrogens (tertiary/aromatic N) is 1. The van der Waals surface area contributed by atoms with Crippen LogP contribution in [0.4, 0.5) is 0 Å². The van der Waals surface area contributed by atoms with Crippen LogP contribution < -0.4 is 5.32 Å². The third kappa shape index (κ3) is 8.38. The van der Waals surface area contributed by atoms with Crippen molar-refractivity contribution in [1.29, 1.82) is 0 Å². The third-order valence-electron chi connectivity index (χ3n) is 2.32. The Morgan fingerprint density at radius 1 is 1.16 bits per heavy atom. The minimum absolute atomic E-state index is 0. The molecule has 2 aromatic rings. The predicted octanol–water partition coefficient (Wildman–Crippen LogP) is 2.10. The fraction of sp³-hybridized carbons (Fsp3) is 0.267. The molecular formula is C15H20FeN2O. The molecule has 0 aromatic heterocycles. The number of hydrogen-bond donors (Lipinski definition) is 1. The van der Waals surface area contributed by atoms with Gasteiger partial charge in [0.1, 0.15) is 0 Å². The molecule has 0 fully saturated rings. The van der Waals surface area contributed by atoms with Crippen LogP contribution in [-0.2, 0) is 17.1 Å². The van der Waals surface area contributed by atoms with Crippen molar-refractivity contribution in [3.05, 3.63) is 60.2 Å². The van der Waals surface area contributed by atoms with Gasteiger partial charge in [0.2, 0.25) is 0 Å². The Balaban J connectivity index is 0.000000454. The maximum atomic E-state index is 11.4. The number of likely N-dealkylation sites (N-methyl/N-ethyl adjacent to an activating group) is 1. The first-order chi connectivity index (χ1) is 8.70. The van der Waals surface area contributed by atoms with Gasteiger partial charge < -0.3 is 10.2 Å². The zero-order chi connectivity index (χ0) is 13.2. The first kappa shape index (κ1) is 17.6. The van der Waals surface area contributed by atoms with E-state index in [2.05, 4.69) is 5.32 Å². The molecule has 0 atom stereocenters. The maximum absolute atomic E-state index is 11.4. The smallest absolute Gasteiger partial charge is 0.361 e. The van der Waals surface area contributed by atoms with Crippen LogP contribution >= 0.6 is 0 Å². The Hall–Kier alpha value is -1.35. The van der Waals surface area contributed by atoms with E-state index in [0.29, 0.717) is 6.54 Å². The molecule has 0 unspecified atom stereocenters. The zero-order valence-electron chi connectivity index (χ0n) is 11.3. The normalized spacial score (nSPS) is 9.21. The molecule has 0 aliphatic heterocycles. The summed E-state index contributed by atoms with van der Waals surface area (Å²) < 4.78 is 0. The second-order valence-electron chi connectivity index (χ2n) is 4.20. The van der Waals surface area contributed by atoms with E-state index in [4.69, 9.17) is 0 Å². The van der Waals surface area contributed by atoms with Gasteiger partial charge in [-0.05, 0) is 14.1 Å². The SMILES string of the molecule is CN(C)CCNC(=O)[c-]1cccc1.[Fe+2].c1cc[cH-]c1. The van der Waals surface area contributed by atoms with E-state index in [-0.39, 0.29) is 23.0 Å². The Morgan fingerprint density at radius 3 is 2.16 bits per heavy atom. The van der Waals surface area contributed by atoms with Crippen LogP contribution in [0.2, 0.25) is 0 Å². The second kappa shape index (κ2) is 10.6. The summed E-state index contributed by atoms with van der Waals surface area (Å²) in [6, 6.07) is 17.3. The molecule has 19 heavy (non-hydrogen) atoms. The monoisotopic (exact) mass is 300 g/mol. The van der Waals surface area contributed by atoms with Crippen LogP contribution in [0.3, 0.4) is 0 Å². The summed E-state index contributed by atoms with van der Waals surface area (Å²) in [4.78, 5) is 13.4. The first-order valence-electron chi connectivity index (χ1n) is 6.01. The van der Waals surface area contributed by atoms with Crippen LogP contribution in [0, 0.1) is 0 Å². The van der Waals surface area contributed by atoms with Crippen molar-refractivity contribution in [3.8, 4) is 0 Å². The Bertz CT molecular complexity index is 390. The van der Waals surface area contributed by atoms with E-state index >= 15 is 0 Å². The molecule has 1 N–H and O–H groups in total. The van der Waals surface area contributed by atoms with Crippen LogP contribution in [0.25, 0.3) is 0 Å². The maximum Gasteiger partial charge on any atom is 2.00 e. The van der Waals surface area contributed by atoms with Crippen LogP contribution in [-0.4, -0.2) is 38.0 Å². The predicted molar refractivity (Wildman–Crippen MR) is 75.0 cm³/mol. The van der Waals surface area contributed by atoms with E-state index in [1.54, 1.807) is 0 Å². The Labute approximate surface area is 125 Å². The molecule has 2 rings (SSSR count). The van der Waals surface area contributed by atoms with Gasteiger partial charge in [0.25, 0.3) is 0 Å². The molecule has 0 aliphatic carbocycles. The molecule has 3 nitrogen and oxygen atoms in total. The number of nitrogens with one attached hydrogen (secondary N) is 1. The molecular weight excluding hydrogens is 280 g/mol. The fourth-order valence-corrected chi connectivity index (χ4v) is 1.34. The number of rotatable bonds is 4. The van der Waals surface area contributed by atoms with Gasteiger partial charge in [-0.3, -0.25) is 4.79 Å². The average Bonchev–Trinajstić information content (AvgIpc) is 3.05. The summed E-state index contributed by atoms with van der Waals surface area (Å²) in [7, 11) is 3.96. The van der Waals surface area contributed by atoms with Crippen molar-refractivity contribution in [3.63, 3.8) is 0 Å². The van der Waals surface area contributed by atoms with Gasteiger partial charge in [-0.1, -0.05) is 5.56 Å². The third-order valence-corrected chi connectivity index (χ3v) is 2.32. The van der Waals surface area contributed by atoms with Crippen molar-refractivity contribution in [2.24, 2.45) is 0 Å². The van der Waals surface area contributed by atoms with E-state index in [9.17, 15) is 4.79 Å². The Morgan fingerprint density at radius 2 is 1.74 bits per heavy atom. The van der Waals surface area contributed by atoms with E-state index in [1.165, 1.54) is 0 Å². The van der Waals surface area contributed by atoms with E-state index in [1.807, 2.05) is 73.6 Å². The van der Waals surface area contributed by atoms with Crippen molar-refractivity contribution in [2.45, 2.75) is 0 Å². The van der Waals surface area contributed by atoms with Gasteiger partial charge in [0.05, 0.1) is 0 Å². The molecule has 1 amide bonds. The minimum atomic E-state index is 0. The van der Waals surface area contributed by atoms with Crippen molar-refractivity contribution in [2.75, 3.05) is 27.2 Å². The second-order valence-corrected chi connectivity index (χ2v) is 4.20. The van der Waals surface area contributed by atoms with Crippen LogP contribution in [0.1, 0.15) is 10.4 Å². The minimum Gasteiger partial charge on any atom is -0.361 e. The van der Waals surface area contributed by atoms with Crippen molar-refractivity contribution in [1.82, 2.24) is 10.2 Å². The average molecular weight is 300 g/mol. The molecule has 0 saturated heterocycles. The van der Waals surface area contributed by atoms with E-state index < -0.39 is 0 Å². The van der Waals surface area contributed by atoms with Crippen molar-refractivity contribution >= 4 is 5.91 Å². The van der Waals surface area contributed by atoms with Gasteiger partial charge >= 0.3 is 17.1 Å². The molecule has 0 saturated carbocycles. The topological polar surface area (TPSA) is 32.3 Å². The van der Waals surface area contributed by atoms with Gasteiger partial charge in [0.15, 0.2) is 5.91 Å². The molecule has 0 bridgehead atoms. The van der Waals surface area contributed by atoms with Crippen LogP contribution in [0.5, 0.6) is 0 Å². The van der Waals surface area contributed by atoms with Gasteiger partial charge in [-0.25, -0.2) is 24.3 Å². The van der Waals surface area contributed by atoms with Crippen molar-refractivity contribution < 1.29 is 21.9 Å². The summed E-state index contributed by atoms with van der Waals surface area (Å²) in [5, 5.41) is 2.84.